The van der Waals surface area contributed by atoms with Crippen LogP contribution in [0, 0.1) is 28.9 Å². The minimum absolute atomic E-state index is 0. The topological polar surface area (TPSA) is 23.8 Å². The Balaban J connectivity index is 0.000000406. The van der Waals surface area contributed by atoms with Crippen molar-refractivity contribution in [3.63, 3.8) is 0 Å². The molecular formula is C43H35BrNSSbSn. The maximum atomic E-state index is 7.13. The summed E-state index contributed by atoms with van der Waals surface area (Å²) in [7, 11) is 0. The summed E-state index contributed by atoms with van der Waals surface area (Å²) in [5.41, 5.74) is 0. The number of hydrogen-bond donors (Lipinski definition) is 0. The van der Waals surface area contributed by atoms with E-state index in [0.29, 0.717) is 0 Å². The Kier molecular flexibility index (Phi) is 24.1. The van der Waals surface area contributed by atoms with Crippen molar-refractivity contribution in [1.29, 1.82) is 5.26 Å². The fraction of sp³-hybridized carbons (Fsp3) is 0. The van der Waals surface area contributed by atoms with Crippen LogP contribution in [0.4, 0.5) is 0 Å². The zero-order valence-corrected chi connectivity index (χ0v) is 34.2. The van der Waals surface area contributed by atoms with Gasteiger partial charge >= 0.3 is 178 Å². The third-order valence-corrected chi connectivity index (χ3v) is 18.6. The summed E-state index contributed by atoms with van der Waals surface area (Å²) in [6, 6.07) is 81.9. The summed E-state index contributed by atoms with van der Waals surface area (Å²) < 4.78 is 5.91. The monoisotopic (exact) mass is 917 g/mol. The Morgan fingerprint density at radius 3 is 0.667 bits per heavy atom. The van der Waals surface area contributed by atoms with Gasteiger partial charge in [0.25, 0.3) is 0 Å². The van der Waals surface area contributed by atoms with Crippen LogP contribution in [-0.2, 0) is 12.6 Å². The van der Waals surface area contributed by atoms with Crippen LogP contribution in [0.5, 0.6) is 0 Å². The number of benzene rings is 7. The molecular weight excluding hydrogens is 883 g/mol. The average molecular weight is 918 g/mol. The second kappa shape index (κ2) is 27.3. The van der Waals surface area contributed by atoms with E-state index >= 15 is 0 Å². The van der Waals surface area contributed by atoms with Gasteiger partial charge in [-0.15, -0.1) is 0 Å². The number of halogens is 1. The van der Waals surface area contributed by atoms with Crippen LogP contribution in [0.1, 0.15) is 0 Å². The van der Waals surface area contributed by atoms with Gasteiger partial charge in [-0.1, -0.05) is 5.40 Å². The zero-order chi connectivity index (χ0) is 32.4. The van der Waals surface area contributed by atoms with E-state index in [1.807, 2.05) is 91.0 Å². The molecule has 234 valence electrons. The molecule has 48 heavy (non-hydrogen) atoms. The van der Waals surface area contributed by atoms with Crippen molar-refractivity contribution in [2.75, 3.05) is 0 Å². The SMILES string of the molecule is N#C[S-].[Br-].[Sn+4].[c-]1ccccc1.[c-]1ccccc1.[c-]1ccccc1.c1cc[c]([Sb+]([c]2ccccc2)([c]2ccccc2)[c]2ccccc2)cc1. The summed E-state index contributed by atoms with van der Waals surface area (Å²) in [5.74, 6) is 0. The number of thiocyanates is 1. The van der Waals surface area contributed by atoms with Crippen LogP contribution in [0.3, 0.4) is 0 Å². The number of hydrogen-bond acceptors (Lipinski definition) is 2. The maximum absolute atomic E-state index is 7.13. The third-order valence-electron chi connectivity index (χ3n) is 6.40. The number of rotatable bonds is 4. The van der Waals surface area contributed by atoms with Crippen LogP contribution in [0.2, 0.25) is 0 Å². The van der Waals surface area contributed by atoms with Gasteiger partial charge in [-0.2, -0.15) is 109 Å². The summed E-state index contributed by atoms with van der Waals surface area (Å²) in [4.78, 5) is 0. The predicted octanol–water partition coefficient (Wildman–Crippen LogP) is 4.16. The molecule has 5 heteroatoms. The fourth-order valence-electron chi connectivity index (χ4n) is 4.53. The van der Waals surface area contributed by atoms with Crippen LogP contribution < -0.4 is 31.0 Å². The molecule has 0 radical (unpaired) electrons. The van der Waals surface area contributed by atoms with Crippen molar-refractivity contribution in [3.8, 4) is 5.40 Å². The van der Waals surface area contributed by atoms with E-state index in [-0.39, 0.29) is 40.9 Å². The third kappa shape index (κ3) is 14.6. The molecule has 0 unspecified atom stereocenters. The Bertz CT molecular complexity index is 1410. The molecule has 0 heterocycles. The molecule has 7 aromatic rings. The van der Waals surface area contributed by atoms with E-state index in [0.717, 1.165) is 0 Å². The molecule has 0 saturated carbocycles. The molecule has 1 nitrogen and oxygen atoms in total. The van der Waals surface area contributed by atoms with Crippen molar-refractivity contribution in [3.05, 3.63) is 231 Å². The van der Waals surface area contributed by atoms with E-state index in [4.69, 9.17) is 5.26 Å². The molecule has 7 rings (SSSR count). The molecule has 0 aromatic heterocycles. The van der Waals surface area contributed by atoms with Crippen LogP contribution in [0.25, 0.3) is 0 Å². The number of nitrogens with zero attached hydrogens (tertiary/aromatic N) is 1. The summed E-state index contributed by atoms with van der Waals surface area (Å²) in [5, 5.41) is 8.47. The quantitative estimate of drug-likeness (QED) is 0.115. The van der Waals surface area contributed by atoms with Gasteiger partial charge in [-0.25, -0.2) is 5.26 Å². The first-order valence-corrected chi connectivity index (χ1v) is 20.2. The molecule has 0 N–H and O–H groups in total. The second-order valence-corrected chi connectivity index (χ2v) is 19.2. The molecule has 0 aliphatic carbocycles. The van der Waals surface area contributed by atoms with Crippen LogP contribution in [-0.4, -0.2) is 42.7 Å². The standard InChI is InChI=1S/7C6H5.CHNS.BrH.Sb.Sn/c7*1-2-4-6-5-3-1;2-1-3;;;/h7*1-5H;3H;1H;;/q;;;;3*-1;;;+1;+4/p-2. The van der Waals surface area contributed by atoms with Crippen molar-refractivity contribution in [2.45, 2.75) is 0 Å². The van der Waals surface area contributed by atoms with Crippen molar-refractivity contribution >= 4 is 69.4 Å². The summed E-state index contributed by atoms with van der Waals surface area (Å²) in [6.45, 7) is 0. The Morgan fingerprint density at radius 1 is 0.375 bits per heavy atom. The van der Waals surface area contributed by atoms with E-state index in [1.54, 1.807) is 0 Å². The Hall–Kier alpha value is -3.65. The molecule has 0 saturated heterocycles. The molecule has 0 amide bonds. The molecule has 0 fully saturated rings. The molecule has 0 spiro atoms. The second-order valence-electron chi connectivity index (χ2n) is 9.34. The van der Waals surface area contributed by atoms with Gasteiger partial charge in [0.2, 0.25) is 0 Å². The van der Waals surface area contributed by atoms with E-state index in [2.05, 4.69) is 152 Å². The van der Waals surface area contributed by atoms with Gasteiger partial charge in [0.15, 0.2) is 0 Å². The molecule has 0 aliphatic rings. The molecule has 7 aromatic carbocycles. The Morgan fingerprint density at radius 2 is 0.542 bits per heavy atom. The normalized spacial score (nSPS) is 8.98. The Labute approximate surface area is 324 Å². The van der Waals surface area contributed by atoms with Gasteiger partial charge in [0.1, 0.15) is 0 Å². The molecule has 0 bridgehead atoms. The van der Waals surface area contributed by atoms with Crippen molar-refractivity contribution < 1.29 is 17.0 Å². The van der Waals surface area contributed by atoms with Gasteiger partial charge in [-0.05, 0) is 0 Å². The average Bonchev–Trinajstić information content (AvgIpc) is 3.17. The zero-order valence-electron chi connectivity index (χ0n) is 26.4. The predicted molar refractivity (Wildman–Crippen MR) is 205 cm³/mol. The molecule has 0 aliphatic heterocycles. The first-order chi connectivity index (χ1) is 22.8. The van der Waals surface area contributed by atoms with Gasteiger partial charge in [0.05, 0.1) is 0 Å². The first-order valence-electron chi connectivity index (χ1n) is 14.7. The minimum atomic E-state index is -3.17. The summed E-state index contributed by atoms with van der Waals surface area (Å²) in [6.07, 6.45) is 0. The molecule has 0 atom stereocenters. The van der Waals surface area contributed by atoms with Crippen LogP contribution in [0.15, 0.2) is 212 Å². The van der Waals surface area contributed by atoms with Crippen LogP contribution >= 0.6 is 0 Å². The van der Waals surface area contributed by atoms with Gasteiger partial charge in [-0.3, -0.25) is 0 Å². The first kappa shape index (κ1) is 42.4. The van der Waals surface area contributed by atoms with Gasteiger partial charge in [0, 0.05) is 0 Å². The number of nitriles is 1. The van der Waals surface area contributed by atoms with Crippen molar-refractivity contribution in [1.82, 2.24) is 0 Å². The van der Waals surface area contributed by atoms with E-state index in [9.17, 15) is 0 Å². The van der Waals surface area contributed by atoms with E-state index in [1.165, 1.54) is 19.4 Å². The summed E-state index contributed by atoms with van der Waals surface area (Å²) >= 11 is 0.532. The fourth-order valence-corrected chi connectivity index (χ4v) is 16.7. The van der Waals surface area contributed by atoms with Crippen molar-refractivity contribution in [2.24, 2.45) is 0 Å². The van der Waals surface area contributed by atoms with E-state index < -0.39 is 18.8 Å². The van der Waals surface area contributed by atoms with Gasteiger partial charge < -0.3 is 29.6 Å².